The van der Waals surface area contributed by atoms with Crippen LogP contribution in [-0.2, 0) is 14.3 Å². The number of hydrogen-bond donors (Lipinski definition) is 0. The van der Waals surface area contributed by atoms with Crippen molar-refractivity contribution in [3.63, 3.8) is 0 Å². The van der Waals surface area contributed by atoms with E-state index in [1.54, 1.807) is 11.8 Å². The summed E-state index contributed by atoms with van der Waals surface area (Å²) in [4.78, 5) is 12.2. The molecule has 1 heterocycles. The minimum Gasteiger partial charge on any atom is -0.460 e. The Morgan fingerprint density at radius 3 is 2.67 bits per heavy atom. The average molecular weight is 266 g/mol. The molecule has 3 atom stereocenters. The van der Waals surface area contributed by atoms with Crippen molar-refractivity contribution in [2.75, 3.05) is 0 Å². The maximum atomic E-state index is 10.9. The summed E-state index contributed by atoms with van der Waals surface area (Å²) in [7, 11) is 0. The van der Waals surface area contributed by atoms with Gasteiger partial charge in [-0.1, -0.05) is 30.0 Å². The summed E-state index contributed by atoms with van der Waals surface area (Å²) >= 11 is 1.73. The zero-order valence-corrected chi connectivity index (χ0v) is 11.5. The van der Waals surface area contributed by atoms with Gasteiger partial charge in [0.25, 0.3) is 0 Å². The Bertz CT molecular complexity index is 393. The van der Waals surface area contributed by atoms with E-state index in [4.69, 9.17) is 9.47 Å². The van der Waals surface area contributed by atoms with Gasteiger partial charge in [-0.25, -0.2) is 0 Å². The minimum atomic E-state index is -0.232. The molecule has 0 saturated carbocycles. The summed E-state index contributed by atoms with van der Waals surface area (Å²) in [6.07, 6.45) is 1.63. The highest BCUT2D eigenvalue weighted by molar-refractivity contribution is 7.99. The van der Waals surface area contributed by atoms with Crippen LogP contribution in [0.25, 0.3) is 0 Å². The summed E-state index contributed by atoms with van der Waals surface area (Å²) in [5.74, 6) is -0.232. The van der Waals surface area contributed by atoms with Crippen molar-refractivity contribution in [1.29, 1.82) is 0 Å². The van der Waals surface area contributed by atoms with E-state index in [9.17, 15) is 4.79 Å². The van der Waals surface area contributed by atoms with Crippen molar-refractivity contribution in [3.8, 4) is 0 Å². The van der Waals surface area contributed by atoms with Crippen LogP contribution in [0, 0.1) is 0 Å². The number of hydrogen-bond acceptors (Lipinski definition) is 4. The Balaban J connectivity index is 1.86. The SMILES string of the molecule is CC(=O)O[C@H]1CC[C@H](Sc2ccccc2)O[C@H]1C. The van der Waals surface area contributed by atoms with Crippen LogP contribution in [-0.4, -0.2) is 23.6 Å². The van der Waals surface area contributed by atoms with Crippen LogP contribution in [0.4, 0.5) is 0 Å². The van der Waals surface area contributed by atoms with Crippen molar-refractivity contribution in [2.24, 2.45) is 0 Å². The third kappa shape index (κ3) is 3.75. The molecular formula is C14H18O3S. The molecule has 0 unspecified atom stereocenters. The van der Waals surface area contributed by atoms with Gasteiger partial charge in [0.2, 0.25) is 0 Å². The lowest BCUT2D eigenvalue weighted by Gasteiger charge is -2.33. The second kappa shape index (κ2) is 6.25. The number of ether oxygens (including phenoxy) is 2. The average Bonchev–Trinajstić information content (AvgIpc) is 2.33. The minimum absolute atomic E-state index is 0.0381. The molecule has 18 heavy (non-hydrogen) atoms. The predicted octanol–water partition coefficient (Wildman–Crippen LogP) is 3.24. The van der Waals surface area contributed by atoms with Gasteiger partial charge < -0.3 is 9.47 Å². The number of rotatable bonds is 3. The van der Waals surface area contributed by atoms with Crippen molar-refractivity contribution in [1.82, 2.24) is 0 Å². The standard InChI is InChI=1S/C14H18O3S/c1-10-13(17-11(2)15)8-9-14(16-10)18-12-6-4-3-5-7-12/h3-7,10,13-14H,8-9H2,1-2H3/t10-,13-,14-/m0/s1. The zero-order valence-electron chi connectivity index (χ0n) is 10.7. The van der Waals surface area contributed by atoms with Crippen molar-refractivity contribution in [2.45, 2.75) is 49.2 Å². The van der Waals surface area contributed by atoms with Crippen LogP contribution in [0.5, 0.6) is 0 Å². The molecule has 1 fully saturated rings. The summed E-state index contributed by atoms with van der Waals surface area (Å²) in [6.45, 7) is 3.41. The molecule has 1 aliphatic rings. The van der Waals surface area contributed by atoms with E-state index in [0.717, 1.165) is 12.8 Å². The largest absolute Gasteiger partial charge is 0.460 e. The first-order valence-corrected chi connectivity index (χ1v) is 7.07. The summed E-state index contributed by atoms with van der Waals surface area (Å²) in [6, 6.07) is 10.2. The molecule has 0 spiro atoms. The zero-order chi connectivity index (χ0) is 13.0. The Labute approximate surface area is 112 Å². The molecule has 1 saturated heterocycles. The van der Waals surface area contributed by atoms with Crippen LogP contribution in [0.1, 0.15) is 26.7 Å². The van der Waals surface area contributed by atoms with E-state index < -0.39 is 0 Å². The van der Waals surface area contributed by atoms with Gasteiger partial charge in [-0.15, -0.1) is 0 Å². The smallest absolute Gasteiger partial charge is 0.302 e. The van der Waals surface area contributed by atoms with Crippen LogP contribution in [0.15, 0.2) is 35.2 Å². The van der Waals surface area contributed by atoms with Gasteiger partial charge in [0.15, 0.2) is 0 Å². The number of carbonyl (C=O) groups is 1. The van der Waals surface area contributed by atoms with E-state index in [1.807, 2.05) is 25.1 Å². The fraction of sp³-hybridized carbons (Fsp3) is 0.500. The first kappa shape index (κ1) is 13.4. The molecule has 0 bridgehead atoms. The topological polar surface area (TPSA) is 35.5 Å². The van der Waals surface area contributed by atoms with Gasteiger partial charge in [0.05, 0.1) is 6.10 Å². The normalized spacial score (nSPS) is 27.8. The first-order valence-electron chi connectivity index (χ1n) is 6.19. The van der Waals surface area contributed by atoms with Crippen LogP contribution < -0.4 is 0 Å². The summed E-state index contributed by atoms with van der Waals surface area (Å²) in [5.41, 5.74) is 0.147. The first-order chi connectivity index (χ1) is 8.65. The van der Waals surface area contributed by atoms with Crippen LogP contribution >= 0.6 is 11.8 Å². The van der Waals surface area contributed by atoms with Crippen molar-refractivity contribution in [3.05, 3.63) is 30.3 Å². The fourth-order valence-corrected chi connectivity index (χ4v) is 3.14. The molecule has 1 aromatic carbocycles. The molecule has 0 amide bonds. The molecule has 2 rings (SSSR count). The van der Waals surface area contributed by atoms with Gasteiger partial charge in [-0.3, -0.25) is 4.79 Å². The molecule has 1 aliphatic heterocycles. The van der Waals surface area contributed by atoms with Gasteiger partial charge in [-0.05, 0) is 31.9 Å². The maximum Gasteiger partial charge on any atom is 0.302 e. The van der Waals surface area contributed by atoms with Gasteiger partial charge in [0, 0.05) is 11.8 Å². The van der Waals surface area contributed by atoms with Gasteiger partial charge in [0.1, 0.15) is 11.5 Å². The maximum absolute atomic E-state index is 10.9. The second-order valence-corrected chi connectivity index (χ2v) is 5.66. The lowest BCUT2D eigenvalue weighted by Crippen LogP contribution is -2.38. The third-order valence-corrected chi connectivity index (χ3v) is 4.06. The molecular weight excluding hydrogens is 248 g/mol. The Morgan fingerprint density at radius 1 is 1.33 bits per heavy atom. The number of thioether (sulfide) groups is 1. The number of esters is 1. The lowest BCUT2D eigenvalue weighted by atomic mass is 10.1. The molecule has 0 N–H and O–H groups in total. The predicted molar refractivity (Wildman–Crippen MR) is 71.4 cm³/mol. The van der Waals surface area contributed by atoms with E-state index in [1.165, 1.54) is 11.8 Å². The summed E-state index contributed by atoms with van der Waals surface area (Å²) < 4.78 is 11.1. The molecule has 0 aromatic heterocycles. The Hall–Kier alpha value is -1.00. The van der Waals surface area contributed by atoms with Crippen molar-refractivity contribution < 1.29 is 14.3 Å². The molecule has 98 valence electrons. The van der Waals surface area contributed by atoms with E-state index >= 15 is 0 Å². The number of benzene rings is 1. The summed E-state index contributed by atoms with van der Waals surface area (Å²) in [5, 5.41) is 0. The van der Waals surface area contributed by atoms with E-state index in [0.29, 0.717) is 0 Å². The fourth-order valence-electron chi connectivity index (χ4n) is 2.04. The van der Waals surface area contributed by atoms with E-state index in [-0.39, 0.29) is 23.6 Å². The third-order valence-electron chi connectivity index (χ3n) is 2.90. The highest BCUT2D eigenvalue weighted by Crippen LogP contribution is 2.33. The van der Waals surface area contributed by atoms with E-state index in [2.05, 4.69) is 12.1 Å². The lowest BCUT2D eigenvalue weighted by molar-refractivity contribution is -0.161. The molecule has 0 aliphatic carbocycles. The Kier molecular flexibility index (Phi) is 4.66. The van der Waals surface area contributed by atoms with Crippen molar-refractivity contribution >= 4 is 17.7 Å². The highest BCUT2D eigenvalue weighted by atomic mass is 32.2. The number of carbonyl (C=O) groups excluding carboxylic acids is 1. The monoisotopic (exact) mass is 266 g/mol. The van der Waals surface area contributed by atoms with Gasteiger partial charge in [-0.2, -0.15) is 0 Å². The van der Waals surface area contributed by atoms with Crippen LogP contribution in [0.2, 0.25) is 0 Å². The Morgan fingerprint density at radius 2 is 2.06 bits per heavy atom. The molecule has 4 heteroatoms. The molecule has 3 nitrogen and oxygen atoms in total. The molecule has 1 aromatic rings. The quantitative estimate of drug-likeness (QED) is 0.787. The highest BCUT2D eigenvalue weighted by Gasteiger charge is 2.30. The second-order valence-electron chi connectivity index (χ2n) is 4.43. The molecule has 0 radical (unpaired) electrons. The van der Waals surface area contributed by atoms with Crippen LogP contribution in [0.3, 0.4) is 0 Å². The van der Waals surface area contributed by atoms with Gasteiger partial charge >= 0.3 is 5.97 Å².